The van der Waals surface area contributed by atoms with Crippen LogP contribution in [-0.2, 0) is 6.54 Å². The maximum absolute atomic E-state index is 5.85. The van der Waals surface area contributed by atoms with Crippen LogP contribution in [0.25, 0.3) is 0 Å². The highest BCUT2D eigenvalue weighted by atomic mass is 16.5. The average molecular weight is 261 g/mol. The van der Waals surface area contributed by atoms with E-state index in [2.05, 4.69) is 20.3 Å². The standard InChI is InChI=1S/C12H15N5O2/c1-18-11-15-10(16-12(17-11)19-2)14-7-8-5-3-4-6-9(8)13/h3-6H,7,13H2,1-2H3,(H,14,15,16,17). The molecule has 100 valence electrons. The molecule has 7 heteroatoms. The number of nitrogen functional groups attached to an aromatic ring is 1. The van der Waals surface area contributed by atoms with Crippen LogP contribution in [0.2, 0.25) is 0 Å². The van der Waals surface area contributed by atoms with Crippen LogP contribution < -0.4 is 20.5 Å². The van der Waals surface area contributed by atoms with Crippen LogP contribution in [0.4, 0.5) is 11.6 Å². The van der Waals surface area contributed by atoms with Crippen molar-refractivity contribution in [3.8, 4) is 12.0 Å². The van der Waals surface area contributed by atoms with Crippen molar-refractivity contribution in [2.24, 2.45) is 0 Å². The van der Waals surface area contributed by atoms with Crippen molar-refractivity contribution in [2.45, 2.75) is 6.54 Å². The van der Waals surface area contributed by atoms with Gasteiger partial charge in [-0.25, -0.2) is 0 Å². The molecule has 0 saturated carbocycles. The van der Waals surface area contributed by atoms with E-state index >= 15 is 0 Å². The van der Waals surface area contributed by atoms with Crippen molar-refractivity contribution in [2.75, 3.05) is 25.3 Å². The molecule has 0 aliphatic heterocycles. The van der Waals surface area contributed by atoms with E-state index in [1.807, 2.05) is 24.3 Å². The third-order valence-corrected chi connectivity index (χ3v) is 2.45. The molecule has 3 N–H and O–H groups in total. The molecule has 0 fully saturated rings. The molecule has 0 amide bonds. The van der Waals surface area contributed by atoms with Crippen molar-refractivity contribution in [3.63, 3.8) is 0 Å². The fourth-order valence-corrected chi connectivity index (χ4v) is 1.47. The van der Waals surface area contributed by atoms with Gasteiger partial charge in [0, 0.05) is 12.2 Å². The molecule has 0 radical (unpaired) electrons. The van der Waals surface area contributed by atoms with Gasteiger partial charge in [0.15, 0.2) is 0 Å². The second-order valence-corrected chi connectivity index (χ2v) is 3.68. The predicted molar refractivity (Wildman–Crippen MR) is 71.1 cm³/mol. The summed E-state index contributed by atoms with van der Waals surface area (Å²) in [6.07, 6.45) is 0. The molecule has 19 heavy (non-hydrogen) atoms. The lowest BCUT2D eigenvalue weighted by molar-refractivity contribution is 0.341. The molecule has 0 atom stereocenters. The first-order valence-corrected chi connectivity index (χ1v) is 5.64. The van der Waals surface area contributed by atoms with E-state index in [0.717, 1.165) is 5.56 Å². The van der Waals surface area contributed by atoms with Gasteiger partial charge in [-0.1, -0.05) is 18.2 Å². The lowest BCUT2D eigenvalue weighted by Crippen LogP contribution is -2.08. The summed E-state index contributed by atoms with van der Waals surface area (Å²) in [6.45, 7) is 0.503. The van der Waals surface area contributed by atoms with E-state index in [9.17, 15) is 0 Å². The highest BCUT2D eigenvalue weighted by molar-refractivity contribution is 5.47. The number of benzene rings is 1. The molecule has 0 unspecified atom stereocenters. The van der Waals surface area contributed by atoms with Crippen LogP contribution in [0.3, 0.4) is 0 Å². The summed E-state index contributed by atoms with van der Waals surface area (Å²) in [4.78, 5) is 12.0. The molecule has 1 aromatic carbocycles. The topological polar surface area (TPSA) is 95.2 Å². The van der Waals surface area contributed by atoms with Gasteiger partial charge in [-0.05, 0) is 11.6 Å². The van der Waals surface area contributed by atoms with Crippen LogP contribution >= 0.6 is 0 Å². The second-order valence-electron chi connectivity index (χ2n) is 3.68. The van der Waals surface area contributed by atoms with Gasteiger partial charge in [0.05, 0.1) is 14.2 Å². The fraction of sp³-hybridized carbons (Fsp3) is 0.250. The smallest absolute Gasteiger partial charge is 0.324 e. The van der Waals surface area contributed by atoms with Gasteiger partial charge in [0.25, 0.3) is 0 Å². The van der Waals surface area contributed by atoms with Crippen molar-refractivity contribution in [1.82, 2.24) is 15.0 Å². The number of nitrogens with one attached hydrogen (secondary N) is 1. The van der Waals surface area contributed by atoms with Gasteiger partial charge >= 0.3 is 12.0 Å². The Kier molecular flexibility index (Phi) is 3.97. The van der Waals surface area contributed by atoms with Gasteiger partial charge in [-0.15, -0.1) is 4.98 Å². The zero-order valence-corrected chi connectivity index (χ0v) is 10.8. The molecule has 0 bridgehead atoms. The lowest BCUT2D eigenvalue weighted by atomic mass is 10.2. The maximum atomic E-state index is 5.85. The van der Waals surface area contributed by atoms with E-state index in [1.165, 1.54) is 14.2 Å². The Morgan fingerprint density at radius 3 is 2.26 bits per heavy atom. The zero-order chi connectivity index (χ0) is 13.7. The van der Waals surface area contributed by atoms with Crippen LogP contribution in [0, 0.1) is 0 Å². The largest absolute Gasteiger partial charge is 0.467 e. The molecule has 1 aromatic heterocycles. The number of hydrogen-bond donors (Lipinski definition) is 2. The number of hydrogen-bond acceptors (Lipinski definition) is 7. The number of methoxy groups -OCH3 is 2. The SMILES string of the molecule is COc1nc(NCc2ccccc2N)nc(OC)n1. The highest BCUT2D eigenvalue weighted by Gasteiger charge is 2.07. The van der Waals surface area contributed by atoms with Crippen LogP contribution in [-0.4, -0.2) is 29.2 Å². The molecule has 7 nitrogen and oxygen atoms in total. The van der Waals surface area contributed by atoms with E-state index in [1.54, 1.807) is 0 Å². The highest BCUT2D eigenvalue weighted by Crippen LogP contribution is 2.15. The number of ether oxygens (including phenoxy) is 2. The Labute approximate surface area is 110 Å². The summed E-state index contributed by atoms with van der Waals surface area (Å²) in [6, 6.07) is 7.95. The Morgan fingerprint density at radius 2 is 1.68 bits per heavy atom. The van der Waals surface area contributed by atoms with Gasteiger partial charge in [0.2, 0.25) is 5.95 Å². The first-order valence-electron chi connectivity index (χ1n) is 5.64. The van der Waals surface area contributed by atoms with Gasteiger partial charge in [-0.3, -0.25) is 0 Å². The Balaban J connectivity index is 2.13. The molecule has 0 aliphatic carbocycles. The summed E-state index contributed by atoms with van der Waals surface area (Å²) < 4.78 is 9.93. The Hall–Kier alpha value is -2.57. The van der Waals surface area contributed by atoms with Crippen molar-refractivity contribution < 1.29 is 9.47 Å². The Bertz CT molecular complexity index is 539. The maximum Gasteiger partial charge on any atom is 0.324 e. The van der Waals surface area contributed by atoms with Crippen molar-refractivity contribution in [1.29, 1.82) is 0 Å². The number of nitrogens with zero attached hydrogens (tertiary/aromatic N) is 3. The molecular formula is C12H15N5O2. The van der Waals surface area contributed by atoms with Gasteiger partial charge in [0.1, 0.15) is 0 Å². The molecule has 0 saturated heterocycles. The molecule has 0 aliphatic rings. The minimum Gasteiger partial charge on any atom is -0.467 e. The quantitative estimate of drug-likeness (QED) is 0.777. The van der Waals surface area contributed by atoms with Crippen molar-refractivity contribution in [3.05, 3.63) is 29.8 Å². The molecule has 2 aromatic rings. The van der Waals surface area contributed by atoms with E-state index < -0.39 is 0 Å². The summed E-state index contributed by atoms with van der Waals surface area (Å²) in [5.41, 5.74) is 7.52. The normalized spacial score (nSPS) is 10.0. The summed E-state index contributed by atoms with van der Waals surface area (Å²) in [7, 11) is 2.96. The molecule has 1 heterocycles. The predicted octanol–water partition coefficient (Wildman–Crippen LogP) is 1.08. The summed E-state index contributed by atoms with van der Waals surface area (Å²) in [5.74, 6) is 0.368. The zero-order valence-electron chi connectivity index (χ0n) is 10.8. The van der Waals surface area contributed by atoms with Gasteiger partial charge in [-0.2, -0.15) is 9.97 Å². The number of rotatable bonds is 5. The Morgan fingerprint density at radius 1 is 1.05 bits per heavy atom. The first kappa shape index (κ1) is 12.9. The van der Waals surface area contributed by atoms with Gasteiger partial charge < -0.3 is 20.5 Å². The number of anilines is 2. The summed E-state index contributed by atoms with van der Waals surface area (Å²) >= 11 is 0. The van der Waals surface area contributed by atoms with E-state index in [0.29, 0.717) is 18.2 Å². The molecular weight excluding hydrogens is 246 g/mol. The van der Waals surface area contributed by atoms with E-state index in [-0.39, 0.29) is 12.0 Å². The van der Waals surface area contributed by atoms with E-state index in [4.69, 9.17) is 15.2 Å². The minimum absolute atomic E-state index is 0.190. The third-order valence-electron chi connectivity index (χ3n) is 2.45. The second kappa shape index (κ2) is 5.85. The number of aromatic nitrogens is 3. The fourth-order valence-electron chi connectivity index (χ4n) is 1.47. The van der Waals surface area contributed by atoms with Crippen LogP contribution in [0.5, 0.6) is 12.0 Å². The average Bonchev–Trinajstić information content (AvgIpc) is 2.46. The third kappa shape index (κ3) is 3.21. The van der Waals surface area contributed by atoms with Crippen LogP contribution in [0.15, 0.2) is 24.3 Å². The molecule has 2 rings (SSSR count). The monoisotopic (exact) mass is 261 g/mol. The molecule has 0 spiro atoms. The minimum atomic E-state index is 0.190. The number of para-hydroxylation sites is 1. The van der Waals surface area contributed by atoms with Crippen molar-refractivity contribution >= 4 is 11.6 Å². The first-order chi connectivity index (χ1) is 9.22. The lowest BCUT2D eigenvalue weighted by Gasteiger charge is -2.08. The van der Waals surface area contributed by atoms with Crippen LogP contribution in [0.1, 0.15) is 5.56 Å². The summed E-state index contributed by atoms with van der Waals surface area (Å²) in [5, 5.41) is 3.05. The number of nitrogens with two attached hydrogens (primary N) is 1.